The van der Waals surface area contributed by atoms with Crippen LogP contribution in [-0.2, 0) is 4.74 Å². The van der Waals surface area contributed by atoms with Crippen LogP contribution < -0.4 is 0 Å². The van der Waals surface area contributed by atoms with Crippen LogP contribution in [0.15, 0.2) is 0 Å². The monoisotopic (exact) mass is 178 g/mol. The number of aliphatic hydroxyl groups is 2. The van der Waals surface area contributed by atoms with Crippen molar-refractivity contribution in [2.45, 2.75) is 6.10 Å². The summed E-state index contributed by atoms with van der Waals surface area (Å²) in [5.41, 5.74) is 0. The Labute approximate surface area is 87.6 Å². The maximum absolute atomic E-state index is 9.68. The fourth-order valence-electron chi connectivity index (χ4n) is 0.275. The van der Waals surface area contributed by atoms with Crippen LogP contribution in [0.4, 0.5) is 4.79 Å². The molecule has 3 N–H and O–H groups in total. The van der Waals surface area contributed by atoms with Crippen molar-refractivity contribution >= 4 is 43.9 Å². The molecule has 0 fully saturated rings. The van der Waals surface area contributed by atoms with Crippen molar-refractivity contribution in [3.8, 4) is 0 Å². The minimum atomic E-state index is -1.50. The molecule has 5 nitrogen and oxygen atoms in total. The van der Waals surface area contributed by atoms with E-state index in [0.29, 0.717) is 0 Å². The Bertz CT molecular complexity index is 91.6. The summed E-state index contributed by atoms with van der Waals surface area (Å²) in [4.78, 5) is 9.68. The molecule has 0 saturated heterocycles. The molecule has 0 aromatic rings. The molecular weight excluding hydrogens is 168 g/mol. The Morgan fingerprint density at radius 3 is 1.90 bits per heavy atom. The van der Waals surface area contributed by atoms with Gasteiger partial charge in [-0.05, 0) is 0 Å². The standard InChI is InChI=1S/C4H8O5.Ca.2H/c5-1-3(2-6)9-4(7)8;;;/h3,5-6H,1-2H2,(H,7,8);;;. The van der Waals surface area contributed by atoms with Crippen molar-refractivity contribution < 1.29 is 24.9 Å². The molecule has 0 atom stereocenters. The molecule has 0 aromatic heterocycles. The molecule has 0 heterocycles. The third kappa shape index (κ3) is 6.57. The Kier molecular flexibility index (Phi) is 9.87. The molecule has 0 saturated carbocycles. The first-order chi connectivity index (χ1) is 4.20. The average Bonchev–Trinajstić information content (AvgIpc) is 1.82. The zero-order valence-electron chi connectivity index (χ0n) is 4.65. The summed E-state index contributed by atoms with van der Waals surface area (Å²) in [6, 6.07) is 0. The van der Waals surface area contributed by atoms with Crippen LogP contribution >= 0.6 is 0 Å². The number of carbonyl (C=O) groups is 1. The predicted molar refractivity (Wildman–Crippen MR) is 35.6 cm³/mol. The van der Waals surface area contributed by atoms with Crippen LogP contribution in [-0.4, -0.2) is 78.5 Å². The van der Waals surface area contributed by atoms with Crippen molar-refractivity contribution in [1.29, 1.82) is 0 Å². The van der Waals surface area contributed by atoms with E-state index in [1.54, 1.807) is 0 Å². The van der Waals surface area contributed by atoms with E-state index in [-0.39, 0.29) is 37.7 Å². The molecule has 0 aromatic carbocycles. The number of hydrogen-bond acceptors (Lipinski definition) is 4. The number of aliphatic hydroxyl groups excluding tert-OH is 2. The topological polar surface area (TPSA) is 87.0 Å². The first-order valence-corrected chi connectivity index (χ1v) is 2.32. The van der Waals surface area contributed by atoms with Gasteiger partial charge in [0.15, 0.2) is 6.10 Å². The van der Waals surface area contributed by atoms with Crippen LogP contribution in [0.3, 0.4) is 0 Å². The Morgan fingerprint density at radius 1 is 1.40 bits per heavy atom. The van der Waals surface area contributed by atoms with Crippen LogP contribution in [0.2, 0.25) is 0 Å². The zero-order valence-corrected chi connectivity index (χ0v) is 4.65. The van der Waals surface area contributed by atoms with E-state index < -0.39 is 25.5 Å². The third-order valence-electron chi connectivity index (χ3n) is 0.675. The molecule has 0 amide bonds. The molecule has 0 bridgehead atoms. The van der Waals surface area contributed by atoms with E-state index in [4.69, 9.17) is 15.3 Å². The molecule has 58 valence electrons. The summed E-state index contributed by atoms with van der Waals surface area (Å²) >= 11 is 0. The summed E-state index contributed by atoms with van der Waals surface area (Å²) in [5, 5.41) is 24.4. The van der Waals surface area contributed by atoms with E-state index in [0.717, 1.165) is 0 Å². The van der Waals surface area contributed by atoms with Crippen LogP contribution in [0.25, 0.3) is 0 Å². The molecule has 10 heavy (non-hydrogen) atoms. The quantitative estimate of drug-likeness (QED) is 0.348. The molecule has 0 rings (SSSR count). The van der Waals surface area contributed by atoms with E-state index in [1.165, 1.54) is 0 Å². The van der Waals surface area contributed by atoms with Gasteiger partial charge in [0.05, 0.1) is 13.2 Å². The first kappa shape index (κ1) is 13.1. The van der Waals surface area contributed by atoms with Crippen molar-refractivity contribution in [3.63, 3.8) is 0 Å². The Balaban J connectivity index is 0. The van der Waals surface area contributed by atoms with Gasteiger partial charge in [0.25, 0.3) is 0 Å². The second kappa shape index (κ2) is 7.56. The molecule has 6 heteroatoms. The van der Waals surface area contributed by atoms with Gasteiger partial charge in [0, 0.05) is 0 Å². The molecule has 0 spiro atoms. The van der Waals surface area contributed by atoms with E-state index in [2.05, 4.69) is 4.74 Å². The number of carboxylic acid groups (broad SMARTS) is 1. The van der Waals surface area contributed by atoms with Gasteiger partial charge < -0.3 is 20.1 Å². The Morgan fingerprint density at radius 2 is 1.80 bits per heavy atom. The van der Waals surface area contributed by atoms with Gasteiger partial charge in [-0.2, -0.15) is 0 Å². The summed E-state index contributed by atoms with van der Waals surface area (Å²) < 4.78 is 3.97. The van der Waals surface area contributed by atoms with E-state index >= 15 is 0 Å². The number of ether oxygens (including phenoxy) is 1. The molecule has 0 radical (unpaired) electrons. The van der Waals surface area contributed by atoms with Crippen molar-refractivity contribution in [1.82, 2.24) is 0 Å². The summed E-state index contributed by atoms with van der Waals surface area (Å²) in [6.45, 7) is -0.994. The first-order valence-electron chi connectivity index (χ1n) is 2.32. The van der Waals surface area contributed by atoms with Crippen molar-refractivity contribution in [2.75, 3.05) is 13.2 Å². The zero-order chi connectivity index (χ0) is 7.28. The maximum atomic E-state index is 9.68. The normalized spacial score (nSPS) is 8.70. The van der Waals surface area contributed by atoms with Crippen LogP contribution in [0, 0.1) is 0 Å². The van der Waals surface area contributed by atoms with E-state index in [1.807, 2.05) is 0 Å². The fourth-order valence-corrected chi connectivity index (χ4v) is 0.275. The van der Waals surface area contributed by atoms with Crippen molar-refractivity contribution in [3.05, 3.63) is 0 Å². The Hall–Kier alpha value is 0.450. The summed E-state index contributed by atoms with van der Waals surface area (Å²) in [7, 11) is 0. The summed E-state index contributed by atoms with van der Waals surface area (Å²) in [6.07, 6.45) is -2.51. The number of hydrogen-bond donors (Lipinski definition) is 3. The molecule has 0 aliphatic heterocycles. The molecular formula is C4H10CaO5. The fraction of sp³-hybridized carbons (Fsp3) is 0.750. The van der Waals surface area contributed by atoms with Gasteiger partial charge in [-0.1, -0.05) is 0 Å². The molecule has 0 unspecified atom stereocenters. The molecule has 0 aliphatic rings. The van der Waals surface area contributed by atoms with Gasteiger partial charge >= 0.3 is 43.9 Å². The number of rotatable bonds is 3. The van der Waals surface area contributed by atoms with Gasteiger partial charge in [0.1, 0.15) is 0 Å². The van der Waals surface area contributed by atoms with Gasteiger partial charge in [-0.3, -0.25) is 0 Å². The second-order valence-electron chi connectivity index (χ2n) is 1.37. The van der Waals surface area contributed by atoms with Crippen molar-refractivity contribution in [2.24, 2.45) is 0 Å². The van der Waals surface area contributed by atoms with Gasteiger partial charge in [-0.25, -0.2) is 4.79 Å². The second-order valence-corrected chi connectivity index (χ2v) is 1.37. The summed E-state index contributed by atoms with van der Waals surface area (Å²) in [5.74, 6) is 0. The van der Waals surface area contributed by atoms with Crippen LogP contribution in [0.5, 0.6) is 0 Å². The third-order valence-corrected chi connectivity index (χ3v) is 0.675. The van der Waals surface area contributed by atoms with Gasteiger partial charge in [-0.15, -0.1) is 0 Å². The SMILES string of the molecule is O=C(O)OC(CO)CO.[CaH2]. The van der Waals surface area contributed by atoms with Gasteiger partial charge in [0.2, 0.25) is 0 Å². The van der Waals surface area contributed by atoms with Crippen LogP contribution in [0.1, 0.15) is 0 Å². The molecule has 0 aliphatic carbocycles. The van der Waals surface area contributed by atoms with E-state index in [9.17, 15) is 4.79 Å². The predicted octanol–water partition coefficient (Wildman–Crippen LogP) is -1.88. The minimum absolute atomic E-state index is 0. The average molecular weight is 178 g/mol.